The van der Waals surface area contributed by atoms with E-state index in [0.29, 0.717) is 35.8 Å². The molecule has 0 saturated carbocycles. The van der Waals surface area contributed by atoms with Gasteiger partial charge in [-0.25, -0.2) is 4.79 Å². The van der Waals surface area contributed by atoms with Crippen molar-refractivity contribution in [2.45, 2.75) is 13.0 Å². The summed E-state index contributed by atoms with van der Waals surface area (Å²) in [5.74, 6) is 0.470. The molecule has 9 heteroatoms. The minimum Gasteiger partial charge on any atom is -0.497 e. The van der Waals surface area contributed by atoms with E-state index in [9.17, 15) is 9.59 Å². The summed E-state index contributed by atoms with van der Waals surface area (Å²) in [5, 5.41) is 8.64. The van der Waals surface area contributed by atoms with Crippen LogP contribution in [0.15, 0.2) is 72.8 Å². The van der Waals surface area contributed by atoms with E-state index in [1.807, 2.05) is 18.2 Å². The third kappa shape index (κ3) is 8.20. The Morgan fingerprint density at radius 1 is 0.846 bits per heavy atom. The number of carbonyl (C=O) groups excluding carboxylic acids is 2. The zero-order valence-electron chi connectivity index (χ0n) is 22.6. The molecule has 1 aliphatic heterocycles. The van der Waals surface area contributed by atoms with Gasteiger partial charge in [-0.15, -0.1) is 0 Å². The fourth-order valence-electron chi connectivity index (χ4n) is 4.57. The van der Waals surface area contributed by atoms with Gasteiger partial charge in [-0.2, -0.15) is 0 Å². The first kappa shape index (κ1) is 27.9. The molecule has 0 radical (unpaired) electrons. The summed E-state index contributed by atoms with van der Waals surface area (Å²) in [6, 6.07) is 22.7. The van der Waals surface area contributed by atoms with Gasteiger partial charge in [-0.1, -0.05) is 36.4 Å². The minimum absolute atomic E-state index is 0.176. The largest absolute Gasteiger partial charge is 0.497 e. The van der Waals surface area contributed by atoms with E-state index >= 15 is 0 Å². The van der Waals surface area contributed by atoms with Crippen molar-refractivity contribution in [3.8, 4) is 5.75 Å². The summed E-state index contributed by atoms with van der Waals surface area (Å²) in [7, 11) is 3.22. The van der Waals surface area contributed by atoms with Crippen molar-refractivity contribution < 1.29 is 19.1 Å². The summed E-state index contributed by atoms with van der Waals surface area (Å²) < 4.78 is 10.3. The molecule has 9 nitrogen and oxygen atoms in total. The van der Waals surface area contributed by atoms with E-state index in [1.54, 1.807) is 44.6 Å². The highest BCUT2D eigenvalue weighted by molar-refractivity contribution is 6.04. The van der Waals surface area contributed by atoms with Crippen LogP contribution < -0.4 is 25.6 Å². The molecule has 3 aromatic carbocycles. The number of nitrogens with one attached hydrogen (secondary N) is 3. The Morgan fingerprint density at radius 3 is 2.31 bits per heavy atom. The van der Waals surface area contributed by atoms with Gasteiger partial charge in [-0.3, -0.25) is 9.69 Å². The number of hydrogen-bond acceptors (Lipinski definition) is 6. The van der Waals surface area contributed by atoms with Crippen LogP contribution in [0, 0.1) is 0 Å². The van der Waals surface area contributed by atoms with Gasteiger partial charge in [0.1, 0.15) is 5.75 Å². The van der Waals surface area contributed by atoms with Gasteiger partial charge < -0.3 is 30.3 Å². The number of carbonyl (C=O) groups is 2. The van der Waals surface area contributed by atoms with Crippen LogP contribution in [-0.4, -0.2) is 70.4 Å². The van der Waals surface area contributed by atoms with Crippen molar-refractivity contribution in [1.29, 1.82) is 0 Å². The van der Waals surface area contributed by atoms with Gasteiger partial charge in [-0.05, 0) is 42.3 Å². The molecule has 1 aliphatic rings. The second-order valence-electron chi connectivity index (χ2n) is 9.39. The van der Waals surface area contributed by atoms with E-state index in [4.69, 9.17) is 9.47 Å². The van der Waals surface area contributed by atoms with Crippen LogP contribution in [0.25, 0.3) is 0 Å². The molecular weight excluding hydrogens is 494 g/mol. The second-order valence-corrected chi connectivity index (χ2v) is 9.39. The summed E-state index contributed by atoms with van der Waals surface area (Å²) in [6.07, 6.45) is 0.719. The number of hydrogen-bond donors (Lipinski definition) is 3. The summed E-state index contributed by atoms with van der Waals surface area (Å²) >= 11 is 0. The lowest BCUT2D eigenvalue weighted by atomic mass is 10.1. The molecular formula is C30H37N5O4. The molecule has 0 aliphatic carbocycles. The maximum atomic E-state index is 13.2. The fourth-order valence-corrected chi connectivity index (χ4v) is 4.57. The minimum atomic E-state index is -0.406. The lowest BCUT2D eigenvalue weighted by Crippen LogP contribution is -2.46. The lowest BCUT2D eigenvalue weighted by molar-refractivity contribution is 0.0949. The van der Waals surface area contributed by atoms with Gasteiger partial charge in [0.05, 0.1) is 12.7 Å². The predicted octanol–water partition coefficient (Wildman–Crippen LogP) is 4.43. The Hall–Kier alpha value is -4.08. The molecule has 1 fully saturated rings. The van der Waals surface area contributed by atoms with E-state index in [1.165, 1.54) is 5.56 Å². The van der Waals surface area contributed by atoms with Crippen LogP contribution in [0.5, 0.6) is 5.75 Å². The first-order valence-corrected chi connectivity index (χ1v) is 13.2. The van der Waals surface area contributed by atoms with Crippen molar-refractivity contribution in [3.63, 3.8) is 0 Å². The topological polar surface area (TPSA) is 95.2 Å². The third-order valence-electron chi connectivity index (χ3n) is 6.60. The van der Waals surface area contributed by atoms with Crippen LogP contribution in [0.3, 0.4) is 0 Å². The fraction of sp³-hybridized carbons (Fsp3) is 0.333. The van der Waals surface area contributed by atoms with Gasteiger partial charge in [0.15, 0.2) is 0 Å². The Bertz CT molecular complexity index is 1230. The number of methoxy groups -OCH3 is 2. The van der Waals surface area contributed by atoms with E-state index in [-0.39, 0.29) is 5.91 Å². The van der Waals surface area contributed by atoms with Gasteiger partial charge in [0.2, 0.25) is 0 Å². The smallest absolute Gasteiger partial charge is 0.323 e. The van der Waals surface area contributed by atoms with Crippen molar-refractivity contribution in [2.75, 3.05) is 69.1 Å². The first-order valence-electron chi connectivity index (χ1n) is 13.2. The normalized spacial score (nSPS) is 13.5. The quantitative estimate of drug-likeness (QED) is 0.317. The standard InChI is InChI=1S/C30H37N5O4/c1-38-19-7-14-31-29(36)27-21-25(33-30(37)32-24-10-6-11-26(20-24)39-2)12-13-28(27)35-17-15-34(16-18-35)22-23-8-4-3-5-9-23/h3-6,8-13,20-21H,7,14-19,22H2,1-2H3,(H,31,36)(H2,32,33,37). The number of nitrogens with zero attached hydrogens (tertiary/aromatic N) is 2. The molecule has 0 spiro atoms. The second kappa shape index (κ2) is 14.2. The molecule has 3 N–H and O–H groups in total. The molecule has 206 valence electrons. The summed E-state index contributed by atoms with van der Waals surface area (Å²) in [5.41, 5.74) is 3.82. The van der Waals surface area contributed by atoms with E-state index in [2.05, 4.69) is 50.0 Å². The number of rotatable bonds is 11. The first-order chi connectivity index (χ1) is 19.1. The van der Waals surface area contributed by atoms with Crippen LogP contribution >= 0.6 is 0 Å². The SMILES string of the molecule is COCCCNC(=O)c1cc(NC(=O)Nc2cccc(OC)c2)ccc1N1CCN(Cc2ccccc2)CC1. The van der Waals surface area contributed by atoms with Crippen molar-refractivity contribution in [2.24, 2.45) is 0 Å². The maximum Gasteiger partial charge on any atom is 0.323 e. The van der Waals surface area contributed by atoms with Crippen LogP contribution in [0.4, 0.5) is 21.9 Å². The van der Waals surface area contributed by atoms with E-state index < -0.39 is 6.03 Å². The van der Waals surface area contributed by atoms with Crippen LogP contribution in [0.1, 0.15) is 22.3 Å². The summed E-state index contributed by atoms with van der Waals surface area (Å²) in [4.78, 5) is 30.6. The average molecular weight is 532 g/mol. The molecule has 0 aromatic heterocycles. The Balaban J connectivity index is 1.45. The molecule has 4 rings (SSSR count). The maximum absolute atomic E-state index is 13.2. The molecule has 0 unspecified atom stereocenters. The lowest BCUT2D eigenvalue weighted by Gasteiger charge is -2.37. The molecule has 39 heavy (non-hydrogen) atoms. The molecule has 3 aromatic rings. The van der Waals surface area contributed by atoms with Gasteiger partial charge in [0.25, 0.3) is 5.91 Å². The van der Waals surface area contributed by atoms with Crippen LogP contribution in [-0.2, 0) is 11.3 Å². The molecule has 1 saturated heterocycles. The highest BCUT2D eigenvalue weighted by Crippen LogP contribution is 2.26. The third-order valence-corrected chi connectivity index (χ3v) is 6.60. The highest BCUT2D eigenvalue weighted by Gasteiger charge is 2.22. The van der Waals surface area contributed by atoms with Gasteiger partial charge in [0, 0.05) is 76.1 Å². The zero-order chi connectivity index (χ0) is 27.5. The van der Waals surface area contributed by atoms with Crippen molar-refractivity contribution in [1.82, 2.24) is 10.2 Å². The van der Waals surface area contributed by atoms with Crippen molar-refractivity contribution >= 4 is 29.0 Å². The summed E-state index contributed by atoms with van der Waals surface area (Å²) in [6.45, 7) is 5.39. The molecule has 3 amide bonds. The number of amides is 3. The number of piperazine rings is 1. The highest BCUT2D eigenvalue weighted by atomic mass is 16.5. The Labute approximate surface area is 230 Å². The number of anilines is 3. The monoisotopic (exact) mass is 531 g/mol. The Kier molecular flexibility index (Phi) is 10.2. The van der Waals surface area contributed by atoms with Crippen molar-refractivity contribution in [3.05, 3.63) is 83.9 Å². The number of urea groups is 1. The van der Waals surface area contributed by atoms with Gasteiger partial charge >= 0.3 is 6.03 Å². The molecule has 0 atom stereocenters. The predicted molar refractivity (Wildman–Crippen MR) is 155 cm³/mol. The zero-order valence-corrected chi connectivity index (χ0v) is 22.6. The molecule has 0 bridgehead atoms. The van der Waals surface area contributed by atoms with E-state index in [0.717, 1.165) is 44.8 Å². The van der Waals surface area contributed by atoms with Crippen LogP contribution in [0.2, 0.25) is 0 Å². The number of benzene rings is 3. The molecule has 1 heterocycles. The number of ether oxygens (including phenoxy) is 2. The Morgan fingerprint density at radius 2 is 1.59 bits per heavy atom. The average Bonchev–Trinajstić information content (AvgIpc) is 2.96.